The Morgan fingerprint density at radius 2 is 2.15 bits per heavy atom. The average Bonchev–Trinajstić information content (AvgIpc) is 2.05. The van der Waals surface area contributed by atoms with Gasteiger partial charge >= 0.3 is 0 Å². The number of hydrogen-bond acceptors (Lipinski definition) is 2. The van der Waals surface area contributed by atoms with Crippen LogP contribution in [0.15, 0.2) is 12.2 Å². The molecule has 0 bridgehead atoms. The number of hydrogen-bond donors (Lipinski definition) is 0. The molecule has 0 heterocycles. The van der Waals surface area contributed by atoms with E-state index in [-0.39, 0.29) is 11.9 Å². The number of carbonyl (C=O) groups excluding carboxylic acids is 1. The van der Waals surface area contributed by atoms with Gasteiger partial charge < -0.3 is 4.74 Å². The summed E-state index contributed by atoms with van der Waals surface area (Å²) in [5.74, 6) is 0.552. The molecule has 0 saturated heterocycles. The molecule has 0 aliphatic carbocycles. The molecule has 2 heteroatoms. The summed E-state index contributed by atoms with van der Waals surface area (Å²) in [5, 5.41) is 0. The lowest BCUT2D eigenvalue weighted by Crippen LogP contribution is -2.17. The molecule has 0 N–H and O–H groups in total. The summed E-state index contributed by atoms with van der Waals surface area (Å²) in [7, 11) is 1.68. The fourth-order valence-corrected chi connectivity index (χ4v) is 1.35. The van der Waals surface area contributed by atoms with E-state index < -0.39 is 0 Å². The van der Waals surface area contributed by atoms with Gasteiger partial charge in [0.05, 0.1) is 6.10 Å². The molecule has 0 spiro atoms. The Morgan fingerprint density at radius 3 is 2.54 bits per heavy atom. The zero-order valence-electron chi connectivity index (χ0n) is 9.04. The standard InChI is InChI=1S/C11H20O2/c1-5-6-9(2)11(13-4)8-7-10(3)12/h7-9,11H,5-6H2,1-4H3. The zero-order valence-corrected chi connectivity index (χ0v) is 9.04. The minimum Gasteiger partial charge on any atom is -0.377 e. The van der Waals surface area contributed by atoms with Gasteiger partial charge in [0, 0.05) is 7.11 Å². The van der Waals surface area contributed by atoms with Crippen LogP contribution in [0.25, 0.3) is 0 Å². The summed E-state index contributed by atoms with van der Waals surface area (Å²) in [5.41, 5.74) is 0. The molecule has 76 valence electrons. The fourth-order valence-electron chi connectivity index (χ4n) is 1.35. The van der Waals surface area contributed by atoms with Crippen molar-refractivity contribution in [1.82, 2.24) is 0 Å². The van der Waals surface area contributed by atoms with Crippen molar-refractivity contribution in [1.29, 1.82) is 0 Å². The van der Waals surface area contributed by atoms with Gasteiger partial charge in [-0.15, -0.1) is 0 Å². The van der Waals surface area contributed by atoms with Crippen molar-refractivity contribution >= 4 is 5.78 Å². The van der Waals surface area contributed by atoms with Crippen molar-refractivity contribution in [3.63, 3.8) is 0 Å². The van der Waals surface area contributed by atoms with Gasteiger partial charge in [0.25, 0.3) is 0 Å². The first kappa shape index (κ1) is 12.4. The van der Waals surface area contributed by atoms with Gasteiger partial charge in [-0.3, -0.25) is 4.79 Å². The topological polar surface area (TPSA) is 26.3 Å². The second kappa shape index (κ2) is 6.84. The molecule has 0 fully saturated rings. The first-order valence-corrected chi connectivity index (χ1v) is 4.83. The van der Waals surface area contributed by atoms with E-state index in [0.29, 0.717) is 5.92 Å². The van der Waals surface area contributed by atoms with Crippen molar-refractivity contribution in [3.05, 3.63) is 12.2 Å². The van der Waals surface area contributed by atoms with Crippen LogP contribution in [0.2, 0.25) is 0 Å². The Balaban J connectivity index is 4.08. The van der Waals surface area contributed by atoms with Gasteiger partial charge in [-0.1, -0.05) is 26.3 Å². The van der Waals surface area contributed by atoms with Gasteiger partial charge in [0.2, 0.25) is 0 Å². The summed E-state index contributed by atoms with van der Waals surface area (Å²) in [4.78, 5) is 10.7. The van der Waals surface area contributed by atoms with E-state index in [1.165, 1.54) is 0 Å². The quantitative estimate of drug-likeness (QED) is 0.593. The highest BCUT2D eigenvalue weighted by atomic mass is 16.5. The van der Waals surface area contributed by atoms with Crippen LogP contribution in [0.4, 0.5) is 0 Å². The summed E-state index contributed by atoms with van der Waals surface area (Å²) >= 11 is 0. The number of methoxy groups -OCH3 is 1. The molecule has 0 aliphatic rings. The summed E-state index contributed by atoms with van der Waals surface area (Å²) in [6.45, 7) is 5.84. The predicted octanol–water partition coefficient (Wildman–Crippen LogP) is 2.58. The molecular formula is C11H20O2. The van der Waals surface area contributed by atoms with E-state index in [1.54, 1.807) is 20.1 Å². The van der Waals surface area contributed by atoms with Crippen LogP contribution in [0.5, 0.6) is 0 Å². The van der Waals surface area contributed by atoms with Crippen LogP contribution in [0.3, 0.4) is 0 Å². The van der Waals surface area contributed by atoms with E-state index in [9.17, 15) is 4.79 Å². The first-order valence-electron chi connectivity index (χ1n) is 4.83. The van der Waals surface area contributed by atoms with E-state index >= 15 is 0 Å². The number of ketones is 1. The molecule has 0 aromatic carbocycles. The summed E-state index contributed by atoms with van der Waals surface area (Å²) in [6, 6.07) is 0. The van der Waals surface area contributed by atoms with Crippen molar-refractivity contribution in [3.8, 4) is 0 Å². The Hall–Kier alpha value is -0.630. The number of ether oxygens (including phenoxy) is 1. The van der Waals surface area contributed by atoms with Crippen LogP contribution in [-0.4, -0.2) is 19.0 Å². The van der Waals surface area contributed by atoms with Gasteiger partial charge in [0.15, 0.2) is 5.78 Å². The summed E-state index contributed by atoms with van der Waals surface area (Å²) < 4.78 is 5.28. The smallest absolute Gasteiger partial charge is 0.152 e. The van der Waals surface area contributed by atoms with Gasteiger partial charge in [0.1, 0.15) is 0 Å². The molecule has 0 aliphatic heterocycles. The third kappa shape index (κ3) is 5.58. The number of allylic oxidation sites excluding steroid dienone is 1. The SMILES string of the molecule is CCCC(C)C(C=CC(C)=O)OC. The Bertz CT molecular complexity index is 173. The third-order valence-electron chi connectivity index (χ3n) is 2.10. The van der Waals surface area contributed by atoms with Crippen LogP contribution in [0.1, 0.15) is 33.6 Å². The van der Waals surface area contributed by atoms with E-state index in [2.05, 4.69) is 13.8 Å². The van der Waals surface area contributed by atoms with E-state index in [4.69, 9.17) is 4.74 Å². The lowest BCUT2D eigenvalue weighted by molar-refractivity contribution is -0.112. The van der Waals surface area contributed by atoms with Crippen LogP contribution < -0.4 is 0 Å². The first-order chi connectivity index (χ1) is 6.11. The lowest BCUT2D eigenvalue weighted by Gasteiger charge is -2.18. The maximum Gasteiger partial charge on any atom is 0.152 e. The van der Waals surface area contributed by atoms with Gasteiger partial charge in [-0.2, -0.15) is 0 Å². The number of rotatable bonds is 6. The van der Waals surface area contributed by atoms with Crippen LogP contribution in [-0.2, 0) is 9.53 Å². The Morgan fingerprint density at radius 1 is 1.54 bits per heavy atom. The molecule has 2 nitrogen and oxygen atoms in total. The minimum atomic E-state index is 0.0730. The second-order valence-corrected chi connectivity index (χ2v) is 3.44. The van der Waals surface area contributed by atoms with Crippen molar-refractivity contribution in [2.24, 2.45) is 5.92 Å². The maximum absolute atomic E-state index is 10.7. The van der Waals surface area contributed by atoms with Crippen molar-refractivity contribution < 1.29 is 9.53 Å². The Kier molecular flexibility index (Phi) is 6.51. The highest BCUT2D eigenvalue weighted by Crippen LogP contribution is 2.14. The van der Waals surface area contributed by atoms with E-state index in [0.717, 1.165) is 12.8 Å². The van der Waals surface area contributed by atoms with Crippen LogP contribution >= 0.6 is 0 Å². The summed E-state index contributed by atoms with van der Waals surface area (Å²) in [6.07, 6.45) is 5.78. The zero-order chi connectivity index (χ0) is 10.3. The van der Waals surface area contributed by atoms with E-state index in [1.807, 2.05) is 6.08 Å². The Labute approximate surface area is 81.0 Å². The fraction of sp³-hybridized carbons (Fsp3) is 0.727. The molecule has 0 aromatic heterocycles. The monoisotopic (exact) mass is 184 g/mol. The molecule has 2 unspecified atom stereocenters. The highest BCUT2D eigenvalue weighted by molar-refractivity contribution is 5.87. The van der Waals surface area contributed by atoms with Gasteiger partial charge in [-0.05, 0) is 25.3 Å². The van der Waals surface area contributed by atoms with Crippen molar-refractivity contribution in [2.75, 3.05) is 7.11 Å². The molecule has 2 atom stereocenters. The average molecular weight is 184 g/mol. The lowest BCUT2D eigenvalue weighted by atomic mass is 9.99. The molecule has 0 aromatic rings. The second-order valence-electron chi connectivity index (χ2n) is 3.44. The molecule has 13 heavy (non-hydrogen) atoms. The molecule has 0 saturated carbocycles. The third-order valence-corrected chi connectivity index (χ3v) is 2.10. The van der Waals surface area contributed by atoms with Crippen molar-refractivity contribution in [2.45, 2.75) is 39.7 Å². The highest BCUT2D eigenvalue weighted by Gasteiger charge is 2.12. The predicted molar refractivity (Wildman–Crippen MR) is 54.7 cm³/mol. The molecule has 0 amide bonds. The normalized spacial score (nSPS) is 16.0. The maximum atomic E-state index is 10.7. The molecule has 0 radical (unpaired) electrons. The molecular weight excluding hydrogens is 164 g/mol. The minimum absolute atomic E-state index is 0.0730. The molecule has 0 rings (SSSR count). The largest absolute Gasteiger partial charge is 0.377 e. The number of carbonyl (C=O) groups is 1. The van der Waals surface area contributed by atoms with Gasteiger partial charge in [-0.25, -0.2) is 0 Å². The van der Waals surface area contributed by atoms with Crippen LogP contribution in [0, 0.1) is 5.92 Å².